The van der Waals surface area contributed by atoms with Gasteiger partial charge in [-0.05, 0) is 43.3 Å². The normalized spacial score (nSPS) is 13.2. The number of hydrogen-bond acceptors (Lipinski definition) is 7. The molecule has 0 bridgehead atoms. The molecule has 0 spiro atoms. The van der Waals surface area contributed by atoms with Crippen LogP contribution in [0.25, 0.3) is 0 Å². The fourth-order valence-corrected chi connectivity index (χ4v) is 3.22. The zero-order valence-electron chi connectivity index (χ0n) is 18.5. The minimum Gasteiger partial charge on any atom is -0.490 e. The number of carbonyl (C=O) groups excluding carboxylic acids is 3. The molecule has 1 aliphatic heterocycles. The van der Waals surface area contributed by atoms with Gasteiger partial charge in [0.15, 0.2) is 24.7 Å². The second-order valence-corrected chi connectivity index (χ2v) is 7.56. The van der Waals surface area contributed by atoms with Crippen molar-refractivity contribution in [2.75, 3.05) is 51.4 Å². The molecule has 9 nitrogen and oxygen atoms in total. The molecule has 34 heavy (non-hydrogen) atoms. The average molecular weight is 495 g/mol. The first-order valence-corrected chi connectivity index (χ1v) is 10.9. The van der Waals surface area contributed by atoms with Crippen molar-refractivity contribution in [2.45, 2.75) is 6.92 Å². The summed E-state index contributed by atoms with van der Waals surface area (Å²) in [7, 11) is 0. The van der Waals surface area contributed by atoms with Gasteiger partial charge in [-0.3, -0.25) is 9.59 Å². The van der Waals surface area contributed by atoms with Crippen LogP contribution in [0.2, 0.25) is 5.02 Å². The van der Waals surface area contributed by atoms with E-state index in [1.165, 1.54) is 30.3 Å². The van der Waals surface area contributed by atoms with Crippen molar-refractivity contribution in [3.63, 3.8) is 0 Å². The number of nitrogens with one attached hydrogen (secondary N) is 1. The first-order chi connectivity index (χ1) is 16.4. The van der Waals surface area contributed by atoms with E-state index in [2.05, 4.69) is 5.32 Å². The minimum absolute atomic E-state index is 0.0859. The minimum atomic E-state index is -0.788. The summed E-state index contributed by atoms with van der Waals surface area (Å²) in [6.07, 6.45) is 0. The maximum absolute atomic E-state index is 13.8. The number of ether oxygens (including phenoxy) is 4. The fourth-order valence-electron chi connectivity index (χ4n) is 3.06. The molecule has 182 valence electrons. The van der Waals surface area contributed by atoms with Crippen LogP contribution in [0.3, 0.4) is 0 Å². The molecule has 1 aliphatic rings. The largest absolute Gasteiger partial charge is 0.490 e. The number of hydrogen-bond donors (Lipinski definition) is 1. The standard InChI is InChI=1S/C23H24ClFN2O7/c1-2-32-20-11-15(3-6-19(20)33-14-22(29)27-7-9-31-10-8-27)23(30)34-13-21(28)26-18-5-4-16(24)12-17(18)25/h3-6,11-12H,2,7-10,13-14H2,1H3,(H,26,28). The summed E-state index contributed by atoms with van der Waals surface area (Å²) in [6, 6.07) is 8.08. The molecule has 2 aromatic rings. The maximum Gasteiger partial charge on any atom is 0.338 e. The number of benzene rings is 2. The molecule has 1 heterocycles. The van der Waals surface area contributed by atoms with Crippen molar-refractivity contribution in [3.8, 4) is 11.5 Å². The molecule has 0 saturated carbocycles. The molecule has 1 saturated heterocycles. The second-order valence-electron chi connectivity index (χ2n) is 7.12. The van der Waals surface area contributed by atoms with Gasteiger partial charge in [-0.1, -0.05) is 11.6 Å². The fraction of sp³-hybridized carbons (Fsp3) is 0.348. The van der Waals surface area contributed by atoms with Crippen molar-refractivity contribution in [1.29, 1.82) is 0 Å². The monoisotopic (exact) mass is 494 g/mol. The van der Waals surface area contributed by atoms with Crippen LogP contribution in [0.15, 0.2) is 36.4 Å². The molecule has 0 aromatic heterocycles. The Morgan fingerprint density at radius 3 is 2.53 bits per heavy atom. The van der Waals surface area contributed by atoms with Crippen LogP contribution in [-0.4, -0.2) is 68.8 Å². The molecule has 11 heteroatoms. The summed E-state index contributed by atoms with van der Waals surface area (Å²) >= 11 is 5.68. The number of esters is 1. The Morgan fingerprint density at radius 1 is 1.06 bits per heavy atom. The van der Waals surface area contributed by atoms with E-state index in [0.29, 0.717) is 32.9 Å². The van der Waals surface area contributed by atoms with E-state index >= 15 is 0 Å². The molecule has 1 fully saturated rings. The Hall–Kier alpha value is -3.37. The number of rotatable bonds is 9. The van der Waals surface area contributed by atoms with Crippen LogP contribution >= 0.6 is 11.6 Å². The first kappa shape index (κ1) is 25.3. The van der Waals surface area contributed by atoms with E-state index in [1.54, 1.807) is 11.8 Å². The SMILES string of the molecule is CCOc1cc(C(=O)OCC(=O)Nc2ccc(Cl)cc2F)ccc1OCC(=O)N1CCOCC1. The molecule has 1 N–H and O–H groups in total. The van der Waals surface area contributed by atoms with Crippen LogP contribution < -0.4 is 14.8 Å². The number of anilines is 1. The van der Waals surface area contributed by atoms with Crippen LogP contribution in [0.4, 0.5) is 10.1 Å². The number of halogens is 2. The number of amides is 2. The lowest BCUT2D eigenvalue weighted by atomic mass is 10.2. The van der Waals surface area contributed by atoms with Crippen LogP contribution in [0.5, 0.6) is 11.5 Å². The Bertz CT molecular complexity index is 1040. The summed E-state index contributed by atoms with van der Waals surface area (Å²) < 4.78 is 35.2. The van der Waals surface area contributed by atoms with Gasteiger partial charge >= 0.3 is 5.97 Å². The third kappa shape index (κ3) is 7.06. The molecular weight excluding hydrogens is 471 g/mol. The van der Waals surface area contributed by atoms with Crippen molar-refractivity contribution in [1.82, 2.24) is 4.90 Å². The van der Waals surface area contributed by atoms with E-state index in [1.807, 2.05) is 0 Å². The molecule has 2 aromatic carbocycles. The van der Waals surface area contributed by atoms with Crippen molar-refractivity contribution >= 4 is 35.1 Å². The predicted molar refractivity (Wildman–Crippen MR) is 121 cm³/mol. The van der Waals surface area contributed by atoms with Crippen molar-refractivity contribution < 1.29 is 37.7 Å². The number of carbonyl (C=O) groups is 3. The van der Waals surface area contributed by atoms with E-state index in [-0.39, 0.29) is 40.3 Å². The zero-order chi connectivity index (χ0) is 24.5. The van der Waals surface area contributed by atoms with Crippen LogP contribution in [0.1, 0.15) is 17.3 Å². The van der Waals surface area contributed by atoms with Crippen molar-refractivity contribution in [3.05, 3.63) is 52.8 Å². The molecule has 0 radical (unpaired) electrons. The van der Waals surface area contributed by atoms with Crippen molar-refractivity contribution in [2.24, 2.45) is 0 Å². The van der Waals surface area contributed by atoms with E-state index in [0.717, 1.165) is 6.07 Å². The highest BCUT2D eigenvalue weighted by Gasteiger charge is 2.19. The zero-order valence-corrected chi connectivity index (χ0v) is 19.2. The summed E-state index contributed by atoms with van der Waals surface area (Å²) in [4.78, 5) is 38.3. The van der Waals surface area contributed by atoms with E-state index in [9.17, 15) is 18.8 Å². The lowest BCUT2D eigenvalue weighted by molar-refractivity contribution is -0.137. The quantitative estimate of drug-likeness (QED) is 0.534. The van der Waals surface area contributed by atoms with Gasteiger partial charge in [-0.25, -0.2) is 9.18 Å². The van der Waals surface area contributed by atoms with Gasteiger partial charge in [-0.15, -0.1) is 0 Å². The Balaban J connectivity index is 1.56. The Labute approximate surface area is 200 Å². The van der Waals surface area contributed by atoms with E-state index < -0.39 is 24.3 Å². The molecule has 0 aliphatic carbocycles. The molecule has 0 unspecified atom stereocenters. The summed E-state index contributed by atoms with van der Waals surface area (Å²) in [5, 5.41) is 2.49. The lowest BCUT2D eigenvalue weighted by Crippen LogP contribution is -2.43. The molecule has 2 amide bonds. The third-order valence-corrected chi connectivity index (χ3v) is 4.97. The predicted octanol–water partition coefficient (Wildman–Crippen LogP) is 2.91. The van der Waals surface area contributed by atoms with Gasteiger partial charge in [0.25, 0.3) is 11.8 Å². The summed E-state index contributed by atoms with van der Waals surface area (Å²) in [5.41, 5.74) is 0.0259. The maximum atomic E-state index is 13.8. The topological polar surface area (TPSA) is 103 Å². The van der Waals surface area contributed by atoms with Gasteiger partial charge in [-0.2, -0.15) is 0 Å². The smallest absolute Gasteiger partial charge is 0.338 e. The van der Waals surface area contributed by atoms with Gasteiger partial charge in [0.05, 0.1) is 31.1 Å². The van der Waals surface area contributed by atoms with Gasteiger partial charge in [0.1, 0.15) is 5.82 Å². The molecule has 0 atom stereocenters. The molecular formula is C23H24ClFN2O7. The number of nitrogens with zero attached hydrogens (tertiary/aromatic N) is 1. The second kappa shape index (κ2) is 12.2. The first-order valence-electron chi connectivity index (χ1n) is 10.5. The lowest BCUT2D eigenvalue weighted by Gasteiger charge is -2.26. The van der Waals surface area contributed by atoms with Gasteiger partial charge in [0.2, 0.25) is 0 Å². The van der Waals surface area contributed by atoms with Gasteiger partial charge < -0.3 is 29.2 Å². The number of morpholine rings is 1. The van der Waals surface area contributed by atoms with E-state index in [4.69, 9.17) is 30.5 Å². The third-order valence-electron chi connectivity index (χ3n) is 4.73. The van der Waals surface area contributed by atoms with Crippen LogP contribution in [-0.2, 0) is 19.1 Å². The average Bonchev–Trinajstić information content (AvgIpc) is 2.84. The Morgan fingerprint density at radius 2 is 1.82 bits per heavy atom. The summed E-state index contributed by atoms with van der Waals surface area (Å²) in [6.45, 7) is 3.21. The van der Waals surface area contributed by atoms with Gasteiger partial charge in [0, 0.05) is 18.1 Å². The highest BCUT2D eigenvalue weighted by Crippen LogP contribution is 2.29. The molecule has 3 rings (SSSR count). The highest BCUT2D eigenvalue weighted by atomic mass is 35.5. The Kier molecular flexibility index (Phi) is 9.06. The highest BCUT2D eigenvalue weighted by molar-refractivity contribution is 6.30. The summed E-state index contributed by atoms with van der Waals surface area (Å²) in [5.74, 6) is -1.87. The van der Waals surface area contributed by atoms with Crippen LogP contribution in [0, 0.1) is 5.82 Å².